The first-order valence-electron chi connectivity index (χ1n) is 8.80. The lowest BCUT2D eigenvalue weighted by Crippen LogP contribution is -2.38. The molecule has 1 heterocycles. The number of anilines is 2. The van der Waals surface area contributed by atoms with Crippen molar-refractivity contribution in [3.63, 3.8) is 0 Å². The number of benzene rings is 2. The standard InChI is InChI=1S/C21H25N3O2.ClH.H2O/c1-13-7-5-8-14(2)19(13)23-12-17(11-18(25)26)24(21(23)22)20-15(3)9-6-10-16(20)4;;/h5-10,17,22H,11-12H2,1-4H3,(H,25,26);1H;1H2. The molecule has 1 aliphatic rings. The fourth-order valence-electron chi connectivity index (χ4n) is 3.94. The second-order valence-electron chi connectivity index (χ2n) is 7.04. The number of aryl methyl sites for hydroxylation is 4. The Morgan fingerprint density at radius 1 is 1.00 bits per heavy atom. The Morgan fingerprint density at radius 2 is 1.43 bits per heavy atom. The van der Waals surface area contributed by atoms with Crippen LogP contribution in [-0.4, -0.2) is 35.1 Å². The van der Waals surface area contributed by atoms with Crippen LogP contribution in [0, 0.1) is 33.1 Å². The van der Waals surface area contributed by atoms with Gasteiger partial charge in [0.15, 0.2) is 0 Å². The second-order valence-corrected chi connectivity index (χ2v) is 7.04. The van der Waals surface area contributed by atoms with Crippen molar-refractivity contribution in [1.82, 2.24) is 0 Å². The number of guanidine groups is 1. The lowest BCUT2D eigenvalue weighted by Gasteiger charge is -2.28. The number of hydrogen-bond acceptors (Lipinski definition) is 2. The summed E-state index contributed by atoms with van der Waals surface area (Å²) in [7, 11) is 0. The topological polar surface area (TPSA) is 99.1 Å². The maximum absolute atomic E-state index is 11.5. The molecule has 6 nitrogen and oxygen atoms in total. The maximum atomic E-state index is 11.5. The molecule has 1 unspecified atom stereocenters. The zero-order valence-electron chi connectivity index (χ0n) is 16.6. The van der Waals surface area contributed by atoms with Crippen LogP contribution in [0.25, 0.3) is 0 Å². The zero-order chi connectivity index (χ0) is 19.0. The highest BCUT2D eigenvalue weighted by Gasteiger charge is 2.39. The average Bonchev–Trinajstić information content (AvgIpc) is 2.84. The van der Waals surface area contributed by atoms with Crippen LogP contribution in [0.5, 0.6) is 0 Å². The Kier molecular flexibility index (Phi) is 7.61. The molecule has 7 heteroatoms. The van der Waals surface area contributed by atoms with Crippen LogP contribution in [0.15, 0.2) is 36.4 Å². The maximum Gasteiger partial charge on any atom is 0.305 e. The first-order chi connectivity index (χ1) is 12.3. The fourth-order valence-corrected chi connectivity index (χ4v) is 3.94. The molecule has 0 spiro atoms. The molecular weight excluding hydrogens is 378 g/mol. The molecule has 28 heavy (non-hydrogen) atoms. The molecule has 3 rings (SSSR count). The van der Waals surface area contributed by atoms with Gasteiger partial charge >= 0.3 is 5.97 Å². The van der Waals surface area contributed by atoms with Gasteiger partial charge in [-0.2, -0.15) is 0 Å². The van der Waals surface area contributed by atoms with Gasteiger partial charge in [0.25, 0.3) is 0 Å². The Balaban J connectivity index is 0.00000196. The number of para-hydroxylation sites is 2. The van der Waals surface area contributed by atoms with Crippen molar-refractivity contribution in [2.75, 3.05) is 16.3 Å². The van der Waals surface area contributed by atoms with Gasteiger partial charge in [0.2, 0.25) is 5.96 Å². The summed E-state index contributed by atoms with van der Waals surface area (Å²) in [4.78, 5) is 15.3. The van der Waals surface area contributed by atoms with Gasteiger partial charge in [0.05, 0.1) is 12.5 Å². The summed E-state index contributed by atoms with van der Waals surface area (Å²) in [6, 6.07) is 11.8. The molecule has 0 radical (unpaired) electrons. The quantitative estimate of drug-likeness (QED) is 0.811. The van der Waals surface area contributed by atoms with E-state index in [9.17, 15) is 9.90 Å². The van der Waals surface area contributed by atoms with Crippen LogP contribution in [0.3, 0.4) is 0 Å². The highest BCUT2D eigenvalue weighted by atomic mass is 35.5. The number of carboxylic acid groups (broad SMARTS) is 1. The number of rotatable bonds is 4. The van der Waals surface area contributed by atoms with E-state index in [-0.39, 0.29) is 30.3 Å². The number of carbonyl (C=O) groups is 1. The molecule has 1 atom stereocenters. The molecule has 1 saturated heterocycles. The Morgan fingerprint density at radius 3 is 1.86 bits per heavy atom. The van der Waals surface area contributed by atoms with Crippen molar-refractivity contribution in [3.05, 3.63) is 58.7 Å². The van der Waals surface area contributed by atoms with Crippen LogP contribution in [0.4, 0.5) is 11.4 Å². The van der Waals surface area contributed by atoms with E-state index in [1.165, 1.54) is 0 Å². The van der Waals surface area contributed by atoms with E-state index in [2.05, 4.69) is 0 Å². The number of halogens is 1. The van der Waals surface area contributed by atoms with E-state index in [4.69, 9.17) is 5.41 Å². The Hall–Kier alpha value is -2.57. The molecular formula is C21H28ClN3O3. The molecule has 0 aliphatic carbocycles. The molecule has 2 aromatic rings. The third-order valence-electron chi connectivity index (χ3n) is 5.04. The molecule has 0 amide bonds. The van der Waals surface area contributed by atoms with Crippen LogP contribution in [-0.2, 0) is 4.79 Å². The Labute approximate surface area is 172 Å². The predicted molar refractivity (Wildman–Crippen MR) is 116 cm³/mol. The molecule has 1 fully saturated rings. The summed E-state index contributed by atoms with van der Waals surface area (Å²) in [6.45, 7) is 8.57. The van der Waals surface area contributed by atoms with Gasteiger partial charge in [-0.25, -0.2) is 0 Å². The van der Waals surface area contributed by atoms with Crippen LogP contribution in [0.1, 0.15) is 28.7 Å². The Bertz CT molecular complexity index is 845. The average molecular weight is 406 g/mol. The molecule has 0 saturated carbocycles. The highest BCUT2D eigenvalue weighted by molar-refractivity contribution is 6.10. The highest BCUT2D eigenvalue weighted by Crippen LogP contribution is 2.36. The summed E-state index contributed by atoms with van der Waals surface area (Å²) < 4.78 is 0. The fraction of sp³-hybridized carbons (Fsp3) is 0.333. The SMILES string of the molecule is Cc1cccc(C)c1N1CC(CC(=O)O)N(c2c(C)cccc2C)C1=N.Cl.O. The number of hydrogen-bond donors (Lipinski definition) is 2. The van der Waals surface area contributed by atoms with Crippen molar-refractivity contribution in [3.8, 4) is 0 Å². The van der Waals surface area contributed by atoms with E-state index < -0.39 is 5.97 Å². The summed E-state index contributed by atoms with van der Waals surface area (Å²) in [5.74, 6) is -0.506. The first-order valence-corrected chi connectivity index (χ1v) is 8.80. The lowest BCUT2D eigenvalue weighted by atomic mass is 10.1. The second kappa shape index (κ2) is 9.08. The number of nitrogens with one attached hydrogen (secondary N) is 1. The van der Waals surface area contributed by atoms with Gasteiger partial charge in [-0.1, -0.05) is 36.4 Å². The normalized spacial score (nSPS) is 15.9. The van der Waals surface area contributed by atoms with Gasteiger partial charge in [-0.3, -0.25) is 10.2 Å². The molecule has 152 valence electrons. The van der Waals surface area contributed by atoms with Crippen molar-refractivity contribution >= 4 is 35.7 Å². The molecule has 1 aliphatic heterocycles. The minimum absolute atomic E-state index is 0. The summed E-state index contributed by atoms with van der Waals surface area (Å²) in [5, 5.41) is 18.3. The van der Waals surface area contributed by atoms with E-state index in [1.54, 1.807) is 0 Å². The monoisotopic (exact) mass is 405 g/mol. The third-order valence-corrected chi connectivity index (χ3v) is 5.04. The summed E-state index contributed by atoms with van der Waals surface area (Å²) >= 11 is 0. The van der Waals surface area contributed by atoms with E-state index in [1.807, 2.05) is 73.9 Å². The summed E-state index contributed by atoms with van der Waals surface area (Å²) in [5.41, 5.74) is 6.22. The molecule has 0 bridgehead atoms. The van der Waals surface area contributed by atoms with Gasteiger partial charge < -0.3 is 20.4 Å². The van der Waals surface area contributed by atoms with E-state index >= 15 is 0 Å². The molecule has 4 N–H and O–H groups in total. The smallest absolute Gasteiger partial charge is 0.305 e. The minimum atomic E-state index is -0.845. The number of nitrogens with zero attached hydrogens (tertiary/aromatic N) is 2. The largest absolute Gasteiger partial charge is 0.481 e. The predicted octanol–water partition coefficient (Wildman–Crippen LogP) is 3.62. The van der Waals surface area contributed by atoms with E-state index in [0.29, 0.717) is 12.5 Å². The minimum Gasteiger partial charge on any atom is -0.481 e. The van der Waals surface area contributed by atoms with Crippen LogP contribution >= 0.6 is 12.4 Å². The van der Waals surface area contributed by atoms with Crippen molar-refractivity contribution in [2.24, 2.45) is 0 Å². The van der Waals surface area contributed by atoms with Gasteiger partial charge in [0.1, 0.15) is 0 Å². The molecule has 2 aromatic carbocycles. The lowest BCUT2D eigenvalue weighted by molar-refractivity contribution is -0.137. The van der Waals surface area contributed by atoms with Crippen LogP contribution < -0.4 is 9.80 Å². The van der Waals surface area contributed by atoms with Gasteiger partial charge in [-0.05, 0) is 49.9 Å². The van der Waals surface area contributed by atoms with E-state index in [0.717, 1.165) is 33.6 Å². The zero-order valence-corrected chi connectivity index (χ0v) is 17.4. The van der Waals surface area contributed by atoms with Gasteiger partial charge in [0, 0.05) is 17.9 Å². The summed E-state index contributed by atoms with van der Waals surface area (Å²) in [6.07, 6.45) is -0.00240. The van der Waals surface area contributed by atoms with Crippen molar-refractivity contribution in [1.29, 1.82) is 5.41 Å². The van der Waals surface area contributed by atoms with Gasteiger partial charge in [-0.15, -0.1) is 12.4 Å². The first kappa shape index (κ1) is 23.5. The molecule has 0 aromatic heterocycles. The number of carboxylic acids is 1. The van der Waals surface area contributed by atoms with Crippen LogP contribution in [0.2, 0.25) is 0 Å². The van der Waals surface area contributed by atoms with Crippen molar-refractivity contribution in [2.45, 2.75) is 40.2 Å². The third kappa shape index (κ3) is 4.13. The number of aliphatic carboxylic acids is 1. The van der Waals surface area contributed by atoms with Crippen molar-refractivity contribution < 1.29 is 15.4 Å².